The summed E-state index contributed by atoms with van der Waals surface area (Å²) >= 11 is 0. The molecule has 2 aromatic rings. The summed E-state index contributed by atoms with van der Waals surface area (Å²) < 4.78 is 1.85. The molecule has 0 saturated carbocycles. The van der Waals surface area contributed by atoms with Gasteiger partial charge >= 0.3 is 0 Å². The van der Waals surface area contributed by atoms with E-state index in [1.807, 2.05) is 31.8 Å². The number of nitrogens with zero attached hydrogens (tertiary/aromatic N) is 4. The predicted octanol–water partition coefficient (Wildman–Crippen LogP) is 1.35. The first-order valence-corrected chi connectivity index (χ1v) is 7.89. The Morgan fingerprint density at radius 3 is 2.78 bits per heavy atom. The van der Waals surface area contributed by atoms with E-state index >= 15 is 0 Å². The predicted molar refractivity (Wildman–Crippen MR) is 88.1 cm³/mol. The van der Waals surface area contributed by atoms with E-state index in [4.69, 9.17) is 0 Å². The third kappa shape index (κ3) is 2.99. The minimum atomic E-state index is -0.0541. The lowest BCUT2D eigenvalue weighted by Crippen LogP contribution is -2.31. The minimum Gasteiger partial charge on any atom is -0.348 e. The Bertz CT molecular complexity index is 750. The van der Waals surface area contributed by atoms with Crippen molar-refractivity contribution in [1.82, 2.24) is 25.0 Å². The van der Waals surface area contributed by atoms with Gasteiger partial charge in [0.2, 0.25) is 0 Å². The first-order chi connectivity index (χ1) is 11.0. The summed E-state index contributed by atoms with van der Waals surface area (Å²) in [5.41, 5.74) is 6.11. The Balaban J connectivity index is 1.78. The number of aryl methyl sites for hydroxylation is 2. The first kappa shape index (κ1) is 15.7. The van der Waals surface area contributed by atoms with Crippen LogP contribution >= 0.6 is 0 Å². The Labute approximate surface area is 136 Å². The van der Waals surface area contributed by atoms with Gasteiger partial charge in [0.05, 0.1) is 11.3 Å². The molecule has 0 unspecified atom stereocenters. The molecule has 0 atom stereocenters. The summed E-state index contributed by atoms with van der Waals surface area (Å²) in [4.78, 5) is 19.1. The molecule has 6 heteroatoms. The molecule has 3 heterocycles. The van der Waals surface area contributed by atoms with E-state index in [1.165, 1.54) is 0 Å². The summed E-state index contributed by atoms with van der Waals surface area (Å²) in [6, 6.07) is 0. The first-order valence-electron chi connectivity index (χ1n) is 7.89. The highest BCUT2D eigenvalue weighted by molar-refractivity contribution is 5.95. The zero-order valence-corrected chi connectivity index (χ0v) is 14.2. The molecule has 0 aromatic carbocycles. The van der Waals surface area contributed by atoms with E-state index in [1.54, 1.807) is 6.20 Å². The van der Waals surface area contributed by atoms with Crippen LogP contribution in [-0.4, -0.2) is 39.2 Å². The molecule has 0 spiro atoms. The van der Waals surface area contributed by atoms with Crippen molar-refractivity contribution >= 4 is 5.91 Å². The smallest absolute Gasteiger partial charge is 0.253 e. The molecule has 1 aliphatic heterocycles. The summed E-state index contributed by atoms with van der Waals surface area (Å²) in [7, 11) is 4.01. The van der Waals surface area contributed by atoms with Gasteiger partial charge < -0.3 is 10.2 Å². The number of aromatic nitrogens is 3. The second kappa shape index (κ2) is 6.12. The standard InChI is InChI=1S/C17H23N5O/c1-11-15(12(2)22(4)20-11)9-19-17(23)16-8-18-7-13-10-21(3)6-5-14(13)16/h7-8H,5-6,9-10H2,1-4H3,(H,19,23). The molecule has 0 aliphatic carbocycles. The summed E-state index contributed by atoms with van der Waals surface area (Å²) in [5.74, 6) is -0.0541. The van der Waals surface area contributed by atoms with Gasteiger partial charge in [-0.05, 0) is 38.4 Å². The molecule has 6 nitrogen and oxygen atoms in total. The highest BCUT2D eigenvalue weighted by Crippen LogP contribution is 2.21. The average Bonchev–Trinajstić information content (AvgIpc) is 2.77. The van der Waals surface area contributed by atoms with Crippen LogP contribution in [0.3, 0.4) is 0 Å². The van der Waals surface area contributed by atoms with Gasteiger partial charge in [-0.1, -0.05) is 0 Å². The van der Waals surface area contributed by atoms with Crippen molar-refractivity contribution < 1.29 is 4.79 Å². The fourth-order valence-electron chi connectivity index (χ4n) is 3.17. The number of likely N-dealkylation sites (N-methyl/N-ethyl adjacent to an activating group) is 1. The lowest BCUT2D eigenvalue weighted by atomic mass is 9.97. The van der Waals surface area contributed by atoms with Crippen molar-refractivity contribution in [1.29, 1.82) is 0 Å². The molecule has 0 radical (unpaired) electrons. The molecule has 1 amide bonds. The van der Waals surface area contributed by atoms with Crippen molar-refractivity contribution in [2.45, 2.75) is 33.4 Å². The molecule has 0 saturated heterocycles. The zero-order valence-electron chi connectivity index (χ0n) is 14.2. The number of carbonyl (C=O) groups is 1. The summed E-state index contributed by atoms with van der Waals surface area (Å²) in [5, 5.41) is 7.41. The maximum absolute atomic E-state index is 12.6. The van der Waals surface area contributed by atoms with E-state index in [0.29, 0.717) is 12.1 Å². The topological polar surface area (TPSA) is 63.1 Å². The number of carbonyl (C=O) groups excluding carboxylic acids is 1. The lowest BCUT2D eigenvalue weighted by molar-refractivity contribution is 0.0948. The Hall–Kier alpha value is -2.21. The molecule has 1 aliphatic rings. The molecule has 2 aromatic heterocycles. The SMILES string of the molecule is Cc1nn(C)c(C)c1CNC(=O)c1cncc2c1CCN(C)C2. The van der Waals surface area contributed by atoms with Crippen LogP contribution in [0.25, 0.3) is 0 Å². The van der Waals surface area contributed by atoms with Crippen LogP contribution in [0.2, 0.25) is 0 Å². The Morgan fingerprint density at radius 2 is 2.09 bits per heavy atom. The molecule has 23 heavy (non-hydrogen) atoms. The fourth-order valence-corrected chi connectivity index (χ4v) is 3.17. The molecule has 3 rings (SSSR count). The van der Waals surface area contributed by atoms with Gasteiger partial charge in [-0.15, -0.1) is 0 Å². The minimum absolute atomic E-state index is 0.0541. The fraction of sp³-hybridized carbons (Fsp3) is 0.471. The van der Waals surface area contributed by atoms with E-state index in [-0.39, 0.29) is 5.91 Å². The van der Waals surface area contributed by atoms with Gasteiger partial charge in [-0.2, -0.15) is 5.10 Å². The Kier molecular flexibility index (Phi) is 4.17. The zero-order chi connectivity index (χ0) is 16.6. The second-order valence-electron chi connectivity index (χ2n) is 6.27. The molecule has 122 valence electrons. The number of hydrogen-bond donors (Lipinski definition) is 1. The lowest BCUT2D eigenvalue weighted by Gasteiger charge is -2.26. The van der Waals surface area contributed by atoms with Crippen LogP contribution in [0.1, 0.15) is 38.4 Å². The van der Waals surface area contributed by atoms with E-state index in [0.717, 1.165) is 47.6 Å². The van der Waals surface area contributed by atoms with Crippen LogP contribution in [0.15, 0.2) is 12.4 Å². The number of amides is 1. The normalized spacial score (nSPS) is 14.6. The van der Waals surface area contributed by atoms with Crippen molar-refractivity contribution in [3.8, 4) is 0 Å². The van der Waals surface area contributed by atoms with Gasteiger partial charge in [0, 0.05) is 50.3 Å². The number of rotatable bonds is 3. The van der Waals surface area contributed by atoms with Crippen LogP contribution < -0.4 is 5.32 Å². The monoisotopic (exact) mass is 313 g/mol. The van der Waals surface area contributed by atoms with Gasteiger partial charge in [-0.3, -0.25) is 14.5 Å². The van der Waals surface area contributed by atoms with E-state index < -0.39 is 0 Å². The summed E-state index contributed by atoms with van der Waals surface area (Å²) in [6.07, 6.45) is 4.45. The average molecular weight is 313 g/mol. The summed E-state index contributed by atoms with van der Waals surface area (Å²) in [6.45, 7) is 6.30. The number of pyridine rings is 1. The molecule has 1 N–H and O–H groups in total. The highest BCUT2D eigenvalue weighted by Gasteiger charge is 2.20. The molecular weight excluding hydrogens is 290 g/mol. The number of nitrogens with one attached hydrogen (secondary N) is 1. The number of fused-ring (bicyclic) bond motifs is 1. The molecule has 0 bridgehead atoms. The van der Waals surface area contributed by atoms with Gasteiger partial charge in [0.15, 0.2) is 0 Å². The molecular formula is C17H23N5O. The van der Waals surface area contributed by atoms with Crippen molar-refractivity contribution in [2.75, 3.05) is 13.6 Å². The van der Waals surface area contributed by atoms with Gasteiger partial charge in [-0.25, -0.2) is 0 Å². The van der Waals surface area contributed by atoms with Gasteiger partial charge in [0.25, 0.3) is 5.91 Å². The maximum Gasteiger partial charge on any atom is 0.253 e. The number of hydrogen-bond acceptors (Lipinski definition) is 4. The van der Waals surface area contributed by atoms with Gasteiger partial charge in [0.1, 0.15) is 0 Å². The van der Waals surface area contributed by atoms with Crippen LogP contribution in [-0.2, 0) is 26.6 Å². The van der Waals surface area contributed by atoms with E-state index in [9.17, 15) is 4.79 Å². The quantitative estimate of drug-likeness (QED) is 0.929. The third-order valence-electron chi connectivity index (χ3n) is 4.66. The van der Waals surface area contributed by atoms with Crippen LogP contribution in [0, 0.1) is 13.8 Å². The third-order valence-corrected chi connectivity index (χ3v) is 4.66. The van der Waals surface area contributed by atoms with Crippen LogP contribution in [0.4, 0.5) is 0 Å². The molecule has 0 fully saturated rings. The largest absolute Gasteiger partial charge is 0.348 e. The van der Waals surface area contributed by atoms with Crippen LogP contribution in [0.5, 0.6) is 0 Å². The second-order valence-corrected chi connectivity index (χ2v) is 6.27. The van der Waals surface area contributed by atoms with Crippen molar-refractivity contribution in [3.05, 3.63) is 46.0 Å². The van der Waals surface area contributed by atoms with Crippen molar-refractivity contribution in [2.24, 2.45) is 7.05 Å². The Morgan fingerprint density at radius 1 is 1.30 bits per heavy atom. The highest BCUT2D eigenvalue weighted by atomic mass is 16.1. The maximum atomic E-state index is 12.6. The van der Waals surface area contributed by atoms with E-state index in [2.05, 4.69) is 27.3 Å². The van der Waals surface area contributed by atoms with Crippen molar-refractivity contribution in [3.63, 3.8) is 0 Å².